The molecule has 2 amide bonds. The molecule has 0 unspecified atom stereocenters. The van der Waals surface area contributed by atoms with Gasteiger partial charge in [-0.1, -0.05) is 25.1 Å². The second-order valence-electron chi connectivity index (χ2n) is 6.08. The number of nitrogens with one attached hydrogen (secondary N) is 1. The summed E-state index contributed by atoms with van der Waals surface area (Å²) in [5.41, 5.74) is 3.06. The molecule has 3 rings (SSSR count). The van der Waals surface area contributed by atoms with E-state index >= 15 is 0 Å². The maximum absolute atomic E-state index is 12.4. The van der Waals surface area contributed by atoms with Crippen LogP contribution in [0.3, 0.4) is 0 Å². The summed E-state index contributed by atoms with van der Waals surface area (Å²) in [7, 11) is 0. The first-order valence-corrected chi connectivity index (χ1v) is 8.47. The van der Waals surface area contributed by atoms with E-state index < -0.39 is 0 Å². The predicted molar refractivity (Wildman–Crippen MR) is 95.4 cm³/mol. The van der Waals surface area contributed by atoms with E-state index in [1.54, 1.807) is 24.3 Å². The summed E-state index contributed by atoms with van der Waals surface area (Å²) in [5.74, 6) is -0.190. The number of amides is 2. The summed E-state index contributed by atoms with van der Waals surface area (Å²) in [4.78, 5) is 26.7. The molecule has 0 radical (unpaired) electrons. The number of hydrogen-bond donors (Lipinski definition) is 1. The summed E-state index contributed by atoms with van der Waals surface area (Å²) in [6.45, 7) is 3.70. The Hall–Kier alpha value is -2.62. The van der Waals surface area contributed by atoms with Crippen molar-refractivity contribution in [2.24, 2.45) is 0 Å². The molecule has 24 heavy (non-hydrogen) atoms. The molecule has 2 aromatic rings. The van der Waals surface area contributed by atoms with Crippen LogP contribution >= 0.6 is 0 Å². The Morgan fingerprint density at radius 1 is 1.00 bits per heavy atom. The van der Waals surface area contributed by atoms with Crippen LogP contribution in [0.2, 0.25) is 0 Å². The molecule has 0 aromatic heterocycles. The largest absolute Gasteiger partial charge is 0.339 e. The van der Waals surface area contributed by atoms with E-state index in [9.17, 15) is 9.59 Å². The molecule has 1 aliphatic rings. The van der Waals surface area contributed by atoms with Gasteiger partial charge in [-0.25, -0.2) is 0 Å². The predicted octanol–water partition coefficient (Wildman–Crippen LogP) is 3.74. The third-order valence-corrected chi connectivity index (χ3v) is 4.39. The summed E-state index contributed by atoms with van der Waals surface area (Å²) >= 11 is 0. The number of rotatable bonds is 4. The van der Waals surface area contributed by atoms with E-state index in [0.717, 1.165) is 38.0 Å². The molecule has 2 aromatic carbocycles. The molecular weight excluding hydrogens is 300 g/mol. The van der Waals surface area contributed by atoms with Gasteiger partial charge in [0, 0.05) is 29.9 Å². The van der Waals surface area contributed by atoms with Gasteiger partial charge in [0.05, 0.1) is 0 Å². The zero-order valence-electron chi connectivity index (χ0n) is 13.9. The normalized spacial score (nSPS) is 13.8. The smallest absolute Gasteiger partial charge is 0.255 e. The number of likely N-dealkylation sites (tertiary alicyclic amines) is 1. The highest BCUT2D eigenvalue weighted by Crippen LogP contribution is 2.16. The fourth-order valence-corrected chi connectivity index (χ4v) is 2.92. The third kappa shape index (κ3) is 3.65. The average molecular weight is 322 g/mol. The SMILES string of the molecule is CCc1ccc(NC(=O)c2cccc(C(=O)N3CCCC3)c2)cc1. The maximum Gasteiger partial charge on any atom is 0.255 e. The number of carbonyl (C=O) groups is 2. The number of anilines is 1. The van der Waals surface area contributed by atoms with Crippen LogP contribution < -0.4 is 5.32 Å². The van der Waals surface area contributed by atoms with Crippen molar-refractivity contribution < 1.29 is 9.59 Å². The molecule has 0 spiro atoms. The van der Waals surface area contributed by atoms with Gasteiger partial charge in [0.25, 0.3) is 11.8 Å². The summed E-state index contributed by atoms with van der Waals surface area (Å²) in [6.07, 6.45) is 3.08. The van der Waals surface area contributed by atoms with Gasteiger partial charge >= 0.3 is 0 Å². The van der Waals surface area contributed by atoms with E-state index in [2.05, 4.69) is 12.2 Å². The van der Waals surface area contributed by atoms with Crippen LogP contribution in [0.5, 0.6) is 0 Å². The van der Waals surface area contributed by atoms with E-state index in [-0.39, 0.29) is 11.8 Å². The van der Waals surface area contributed by atoms with Gasteiger partial charge in [-0.3, -0.25) is 9.59 Å². The molecule has 1 N–H and O–H groups in total. The Balaban J connectivity index is 1.72. The number of benzene rings is 2. The van der Waals surface area contributed by atoms with Gasteiger partial charge in [-0.2, -0.15) is 0 Å². The molecule has 0 atom stereocenters. The molecule has 0 saturated carbocycles. The Labute approximate surface area is 142 Å². The van der Waals surface area contributed by atoms with Crippen molar-refractivity contribution >= 4 is 17.5 Å². The van der Waals surface area contributed by atoms with Crippen molar-refractivity contribution in [2.75, 3.05) is 18.4 Å². The van der Waals surface area contributed by atoms with E-state index in [4.69, 9.17) is 0 Å². The molecule has 4 nitrogen and oxygen atoms in total. The quantitative estimate of drug-likeness (QED) is 0.932. The highest BCUT2D eigenvalue weighted by Gasteiger charge is 2.20. The van der Waals surface area contributed by atoms with Crippen molar-refractivity contribution in [3.8, 4) is 0 Å². The summed E-state index contributed by atoms with van der Waals surface area (Å²) in [5, 5.41) is 2.88. The minimum absolute atomic E-state index is 0.00875. The van der Waals surface area contributed by atoms with Crippen molar-refractivity contribution in [1.82, 2.24) is 4.90 Å². The lowest BCUT2D eigenvalue weighted by Crippen LogP contribution is -2.27. The summed E-state index contributed by atoms with van der Waals surface area (Å²) < 4.78 is 0. The van der Waals surface area contributed by atoms with Crippen molar-refractivity contribution in [3.63, 3.8) is 0 Å². The molecule has 1 saturated heterocycles. The minimum Gasteiger partial charge on any atom is -0.339 e. The molecule has 1 heterocycles. The molecule has 4 heteroatoms. The second kappa shape index (κ2) is 7.30. The van der Waals surface area contributed by atoms with Gasteiger partial charge in [0.1, 0.15) is 0 Å². The van der Waals surface area contributed by atoms with Crippen LogP contribution in [0.1, 0.15) is 46.0 Å². The number of hydrogen-bond acceptors (Lipinski definition) is 2. The third-order valence-electron chi connectivity index (χ3n) is 4.39. The first-order chi connectivity index (χ1) is 11.7. The highest BCUT2D eigenvalue weighted by atomic mass is 16.2. The Morgan fingerprint density at radius 3 is 2.33 bits per heavy atom. The van der Waals surface area contributed by atoms with Gasteiger partial charge in [0.15, 0.2) is 0 Å². The molecular formula is C20H22N2O2. The first kappa shape index (κ1) is 16.2. The topological polar surface area (TPSA) is 49.4 Å². The standard InChI is InChI=1S/C20H22N2O2/c1-2-15-8-10-18(11-9-15)21-19(23)16-6-5-7-17(14-16)20(24)22-12-3-4-13-22/h5-11,14H,2-4,12-13H2,1H3,(H,21,23). The Morgan fingerprint density at radius 2 is 1.67 bits per heavy atom. The van der Waals surface area contributed by atoms with Crippen LogP contribution in [-0.4, -0.2) is 29.8 Å². The lowest BCUT2D eigenvalue weighted by atomic mass is 10.1. The van der Waals surface area contributed by atoms with Crippen molar-refractivity contribution in [2.45, 2.75) is 26.2 Å². The fourth-order valence-electron chi connectivity index (χ4n) is 2.92. The van der Waals surface area contributed by atoms with Crippen molar-refractivity contribution in [3.05, 3.63) is 65.2 Å². The van der Waals surface area contributed by atoms with Crippen LogP contribution in [0.25, 0.3) is 0 Å². The number of aryl methyl sites for hydroxylation is 1. The molecule has 0 aliphatic carbocycles. The Bertz CT molecular complexity index is 732. The van der Waals surface area contributed by atoms with Crippen LogP contribution in [-0.2, 0) is 6.42 Å². The lowest BCUT2D eigenvalue weighted by Gasteiger charge is -2.15. The van der Waals surface area contributed by atoms with Gasteiger partial charge in [-0.15, -0.1) is 0 Å². The van der Waals surface area contributed by atoms with Crippen LogP contribution in [0, 0.1) is 0 Å². The fraction of sp³-hybridized carbons (Fsp3) is 0.300. The minimum atomic E-state index is -0.199. The first-order valence-electron chi connectivity index (χ1n) is 8.47. The molecule has 124 valence electrons. The highest BCUT2D eigenvalue weighted by molar-refractivity contribution is 6.06. The number of carbonyl (C=O) groups excluding carboxylic acids is 2. The van der Waals surface area contributed by atoms with E-state index in [0.29, 0.717) is 11.1 Å². The van der Waals surface area contributed by atoms with Gasteiger partial charge in [-0.05, 0) is 55.2 Å². The maximum atomic E-state index is 12.4. The zero-order chi connectivity index (χ0) is 16.9. The molecule has 0 bridgehead atoms. The zero-order valence-corrected chi connectivity index (χ0v) is 13.9. The lowest BCUT2D eigenvalue weighted by molar-refractivity contribution is 0.0793. The molecule has 1 aliphatic heterocycles. The van der Waals surface area contributed by atoms with E-state index in [1.165, 1.54) is 5.56 Å². The monoisotopic (exact) mass is 322 g/mol. The van der Waals surface area contributed by atoms with Crippen LogP contribution in [0.4, 0.5) is 5.69 Å². The van der Waals surface area contributed by atoms with Crippen LogP contribution in [0.15, 0.2) is 48.5 Å². The Kier molecular flexibility index (Phi) is 4.94. The average Bonchev–Trinajstić information content (AvgIpc) is 3.16. The number of nitrogens with zero attached hydrogens (tertiary/aromatic N) is 1. The van der Waals surface area contributed by atoms with Gasteiger partial charge in [0.2, 0.25) is 0 Å². The summed E-state index contributed by atoms with van der Waals surface area (Å²) in [6, 6.07) is 14.7. The van der Waals surface area contributed by atoms with Gasteiger partial charge < -0.3 is 10.2 Å². The second-order valence-corrected chi connectivity index (χ2v) is 6.08. The van der Waals surface area contributed by atoms with Crippen molar-refractivity contribution in [1.29, 1.82) is 0 Å². The molecule has 1 fully saturated rings. The van der Waals surface area contributed by atoms with E-state index in [1.807, 2.05) is 29.2 Å².